The summed E-state index contributed by atoms with van der Waals surface area (Å²) in [7, 11) is 0. The zero-order valence-corrected chi connectivity index (χ0v) is 10.8. The number of carbonyl (C=O) groups excluding carboxylic acids is 2. The van der Waals surface area contributed by atoms with Crippen molar-refractivity contribution in [2.75, 3.05) is 17.2 Å². The number of hydrogen-bond donors (Lipinski definition) is 3. The summed E-state index contributed by atoms with van der Waals surface area (Å²) in [6.45, 7) is 0.494. The van der Waals surface area contributed by atoms with E-state index in [0.29, 0.717) is 30.8 Å². The van der Waals surface area contributed by atoms with E-state index in [9.17, 15) is 9.59 Å². The van der Waals surface area contributed by atoms with Crippen LogP contribution in [0.4, 0.5) is 11.4 Å². The van der Waals surface area contributed by atoms with E-state index < -0.39 is 0 Å². The number of carbonyl (C=O) groups is 2. The van der Waals surface area contributed by atoms with Crippen LogP contribution in [-0.2, 0) is 9.59 Å². The fourth-order valence-corrected chi connectivity index (χ4v) is 1.76. The first kappa shape index (κ1) is 13.5. The van der Waals surface area contributed by atoms with Crippen LogP contribution >= 0.6 is 0 Å². The lowest BCUT2D eigenvalue weighted by Crippen LogP contribution is -2.18. The highest BCUT2D eigenvalue weighted by molar-refractivity contribution is 6.00. The van der Waals surface area contributed by atoms with Crippen LogP contribution in [0, 0.1) is 5.92 Å². The summed E-state index contributed by atoms with van der Waals surface area (Å²) in [6, 6.07) is 7.23. The standard InChI is InChI=1S/C14H19N3O2/c15-9-3-6-13(18)16-11-4-1-2-5-12(11)17-14(19)10-7-8-10/h1-2,4-5,10H,3,6-9,15H2,(H,16,18)(H,17,19). The second-order valence-corrected chi connectivity index (χ2v) is 4.75. The Bertz CT molecular complexity index is 470. The lowest BCUT2D eigenvalue weighted by atomic mass is 10.2. The highest BCUT2D eigenvalue weighted by Crippen LogP contribution is 2.31. The highest BCUT2D eigenvalue weighted by Gasteiger charge is 2.29. The summed E-state index contributed by atoms with van der Waals surface area (Å²) < 4.78 is 0. The van der Waals surface area contributed by atoms with Gasteiger partial charge in [0, 0.05) is 12.3 Å². The largest absolute Gasteiger partial charge is 0.330 e. The van der Waals surface area contributed by atoms with Gasteiger partial charge in [-0.15, -0.1) is 0 Å². The van der Waals surface area contributed by atoms with Crippen molar-refractivity contribution in [2.24, 2.45) is 11.7 Å². The zero-order chi connectivity index (χ0) is 13.7. The molecular formula is C14H19N3O2. The molecule has 0 aliphatic heterocycles. The van der Waals surface area contributed by atoms with E-state index in [2.05, 4.69) is 10.6 Å². The van der Waals surface area contributed by atoms with Gasteiger partial charge in [0.05, 0.1) is 11.4 Å². The van der Waals surface area contributed by atoms with E-state index >= 15 is 0 Å². The molecule has 102 valence electrons. The van der Waals surface area contributed by atoms with Crippen molar-refractivity contribution in [2.45, 2.75) is 25.7 Å². The second kappa shape index (κ2) is 6.33. The van der Waals surface area contributed by atoms with E-state index in [1.165, 1.54) is 0 Å². The van der Waals surface area contributed by atoms with Crippen molar-refractivity contribution in [1.82, 2.24) is 0 Å². The van der Waals surface area contributed by atoms with E-state index in [1.54, 1.807) is 12.1 Å². The van der Waals surface area contributed by atoms with Crippen molar-refractivity contribution in [1.29, 1.82) is 0 Å². The minimum absolute atomic E-state index is 0.0312. The molecule has 1 aromatic rings. The minimum atomic E-state index is -0.0847. The number of para-hydroxylation sites is 2. The van der Waals surface area contributed by atoms with Crippen LogP contribution in [0.3, 0.4) is 0 Å². The molecule has 19 heavy (non-hydrogen) atoms. The number of hydrogen-bond acceptors (Lipinski definition) is 3. The number of benzene rings is 1. The fraction of sp³-hybridized carbons (Fsp3) is 0.429. The molecule has 5 heteroatoms. The Labute approximate surface area is 112 Å². The Hall–Kier alpha value is -1.88. The van der Waals surface area contributed by atoms with Gasteiger partial charge in [0.2, 0.25) is 11.8 Å². The average Bonchev–Trinajstić information content (AvgIpc) is 3.23. The van der Waals surface area contributed by atoms with Gasteiger partial charge >= 0.3 is 0 Å². The summed E-state index contributed by atoms with van der Waals surface area (Å²) in [5, 5.41) is 5.66. The van der Waals surface area contributed by atoms with Crippen LogP contribution in [0.15, 0.2) is 24.3 Å². The Morgan fingerprint density at radius 2 is 1.79 bits per heavy atom. The van der Waals surface area contributed by atoms with E-state index in [0.717, 1.165) is 12.8 Å². The molecule has 1 fully saturated rings. The summed E-state index contributed by atoms with van der Waals surface area (Å²) in [5.74, 6) is 0.0863. The van der Waals surface area contributed by atoms with Gasteiger partial charge < -0.3 is 16.4 Å². The molecule has 2 rings (SSSR count). The molecule has 0 bridgehead atoms. The molecule has 4 N–H and O–H groups in total. The van der Waals surface area contributed by atoms with Crippen molar-refractivity contribution in [3.8, 4) is 0 Å². The molecule has 1 aliphatic carbocycles. The number of amides is 2. The van der Waals surface area contributed by atoms with Gasteiger partial charge in [-0.1, -0.05) is 12.1 Å². The number of anilines is 2. The first-order chi connectivity index (χ1) is 9.20. The lowest BCUT2D eigenvalue weighted by Gasteiger charge is -2.11. The molecule has 1 saturated carbocycles. The smallest absolute Gasteiger partial charge is 0.227 e. The van der Waals surface area contributed by atoms with Crippen LogP contribution in [0.25, 0.3) is 0 Å². The minimum Gasteiger partial charge on any atom is -0.330 e. The number of nitrogens with one attached hydrogen (secondary N) is 2. The maximum absolute atomic E-state index is 11.7. The Kier molecular flexibility index (Phi) is 4.52. The Morgan fingerprint density at radius 1 is 1.16 bits per heavy atom. The molecule has 0 radical (unpaired) electrons. The topological polar surface area (TPSA) is 84.2 Å². The molecule has 5 nitrogen and oxygen atoms in total. The third-order valence-electron chi connectivity index (χ3n) is 3.02. The molecule has 0 spiro atoms. The van der Waals surface area contributed by atoms with Gasteiger partial charge in [-0.05, 0) is 37.9 Å². The summed E-state index contributed by atoms with van der Waals surface area (Å²) in [4.78, 5) is 23.4. The molecule has 0 aromatic heterocycles. The number of nitrogens with two attached hydrogens (primary N) is 1. The third-order valence-corrected chi connectivity index (χ3v) is 3.02. The van der Waals surface area contributed by atoms with Crippen molar-refractivity contribution in [3.63, 3.8) is 0 Å². The first-order valence-electron chi connectivity index (χ1n) is 6.60. The lowest BCUT2D eigenvalue weighted by molar-refractivity contribution is -0.117. The van der Waals surface area contributed by atoms with Crippen molar-refractivity contribution >= 4 is 23.2 Å². The van der Waals surface area contributed by atoms with Crippen LogP contribution in [-0.4, -0.2) is 18.4 Å². The van der Waals surface area contributed by atoms with E-state index in [4.69, 9.17) is 5.73 Å². The average molecular weight is 261 g/mol. The van der Waals surface area contributed by atoms with Gasteiger partial charge in [-0.3, -0.25) is 9.59 Å². The Balaban J connectivity index is 1.98. The van der Waals surface area contributed by atoms with Crippen LogP contribution in [0.1, 0.15) is 25.7 Å². The quantitative estimate of drug-likeness (QED) is 0.729. The predicted molar refractivity (Wildman–Crippen MR) is 74.7 cm³/mol. The molecular weight excluding hydrogens is 242 g/mol. The van der Waals surface area contributed by atoms with Gasteiger partial charge in [0.1, 0.15) is 0 Å². The Morgan fingerprint density at radius 3 is 2.37 bits per heavy atom. The van der Waals surface area contributed by atoms with Crippen LogP contribution in [0.5, 0.6) is 0 Å². The fourth-order valence-electron chi connectivity index (χ4n) is 1.76. The third kappa shape index (κ3) is 4.06. The van der Waals surface area contributed by atoms with Gasteiger partial charge in [0.25, 0.3) is 0 Å². The van der Waals surface area contributed by atoms with Crippen molar-refractivity contribution in [3.05, 3.63) is 24.3 Å². The van der Waals surface area contributed by atoms with Gasteiger partial charge in [-0.2, -0.15) is 0 Å². The molecule has 0 atom stereocenters. The predicted octanol–water partition coefficient (Wildman–Crippen LogP) is 1.71. The molecule has 0 heterocycles. The van der Waals surface area contributed by atoms with Crippen molar-refractivity contribution < 1.29 is 9.59 Å². The molecule has 1 aromatic carbocycles. The normalized spacial score (nSPS) is 13.9. The summed E-state index contributed by atoms with van der Waals surface area (Å²) in [6.07, 6.45) is 2.96. The van der Waals surface area contributed by atoms with Gasteiger partial charge in [-0.25, -0.2) is 0 Å². The maximum Gasteiger partial charge on any atom is 0.227 e. The van der Waals surface area contributed by atoms with E-state index in [-0.39, 0.29) is 17.7 Å². The zero-order valence-electron chi connectivity index (χ0n) is 10.8. The molecule has 0 unspecified atom stereocenters. The molecule has 1 aliphatic rings. The first-order valence-corrected chi connectivity index (χ1v) is 6.60. The molecule has 0 saturated heterocycles. The maximum atomic E-state index is 11.7. The van der Waals surface area contributed by atoms with Crippen LogP contribution < -0.4 is 16.4 Å². The highest BCUT2D eigenvalue weighted by atomic mass is 16.2. The summed E-state index contributed by atoms with van der Waals surface area (Å²) in [5.41, 5.74) is 6.66. The van der Waals surface area contributed by atoms with E-state index in [1.807, 2.05) is 12.1 Å². The monoisotopic (exact) mass is 261 g/mol. The summed E-state index contributed by atoms with van der Waals surface area (Å²) >= 11 is 0. The SMILES string of the molecule is NCCCC(=O)Nc1ccccc1NC(=O)C1CC1. The van der Waals surface area contributed by atoms with Gasteiger partial charge in [0.15, 0.2) is 0 Å². The second-order valence-electron chi connectivity index (χ2n) is 4.75. The van der Waals surface area contributed by atoms with Crippen LogP contribution in [0.2, 0.25) is 0 Å². The molecule has 2 amide bonds. The number of rotatable bonds is 6.